The SMILES string of the molecule is Nc1ccc(Nc2c(C(=O)O)cnc3ccc(Cl)cc23)cc1. The lowest BCUT2D eigenvalue weighted by molar-refractivity contribution is 0.0697. The van der Waals surface area contributed by atoms with Crippen molar-refractivity contribution in [3.05, 3.63) is 59.2 Å². The number of nitrogens with two attached hydrogens (primary N) is 1. The topological polar surface area (TPSA) is 88.2 Å². The van der Waals surface area contributed by atoms with E-state index in [1.54, 1.807) is 42.5 Å². The van der Waals surface area contributed by atoms with Crippen molar-refractivity contribution in [3.63, 3.8) is 0 Å². The highest BCUT2D eigenvalue weighted by molar-refractivity contribution is 6.31. The highest BCUT2D eigenvalue weighted by Crippen LogP contribution is 2.31. The van der Waals surface area contributed by atoms with Crippen molar-refractivity contribution in [2.24, 2.45) is 0 Å². The predicted octanol–water partition coefficient (Wildman–Crippen LogP) is 3.91. The van der Waals surface area contributed by atoms with Gasteiger partial charge in [0.15, 0.2) is 0 Å². The number of anilines is 3. The Hall–Kier alpha value is -2.79. The molecule has 0 saturated heterocycles. The molecule has 4 N–H and O–H groups in total. The largest absolute Gasteiger partial charge is 0.478 e. The third-order valence-corrected chi connectivity index (χ3v) is 3.48. The normalized spacial score (nSPS) is 10.6. The number of nitrogens with one attached hydrogen (secondary N) is 1. The second kappa shape index (κ2) is 5.54. The molecule has 0 amide bonds. The fourth-order valence-electron chi connectivity index (χ4n) is 2.17. The van der Waals surface area contributed by atoms with Gasteiger partial charge in [0, 0.05) is 28.0 Å². The van der Waals surface area contributed by atoms with Gasteiger partial charge in [-0.25, -0.2) is 4.79 Å². The molecule has 0 aliphatic carbocycles. The van der Waals surface area contributed by atoms with Gasteiger partial charge in [-0.15, -0.1) is 0 Å². The molecule has 110 valence electrons. The first-order valence-electron chi connectivity index (χ1n) is 6.49. The number of nitrogens with zero attached hydrogens (tertiary/aromatic N) is 1. The van der Waals surface area contributed by atoms with Gasteiger partial charge in [0.25, 0.3) is 0 Å². The minimum atomic E-state index is -1.06. The van der Waals surface area contributed by atoms with E-state index >= 15 is 0 Å². The number of aromatic nitrogens is 1. The van der Waals surface area contributed by atoms with Crippen LogP contribution in [-0.4, -0.2) is 16.1 Å². The molecule has 3 rings (SSSR count). The molecule has 0 bridgehead atoms. The molecule has 0 atom stereocenters. The Kier molecular flexibility index (Phi) is 3.56. The van der Waals surface area contributed by atoms with Gasteiger partial charge in [-0.2, -0.15) is 0 Å². The molecule has 5 nitrogen and oxygen atoms in total. The highest BCUT2D eigenvalue weighted by Gasteiger charge is 2.15. The number of carboxylic acid groups (broad SMARTS) is 1. The number of fused-ring (bicyclic) bond motifs is 1. The van der Waals surface area contributed by atoms with Crippen LogP contribution in [0.15, 0.2) is 48.7 Å². The summed E-state index contributed by atoms with van der Waals surface area (Å²) >= 11 is 6.03. The minimum Gasteiger partial charge on any atom is -0.478 e. The van der Waals surface area contributed by atoms with Crippen LogP contribution in [0.25, 0.3) is 10.9 Å². The number of hydrogen-bond donors (Lipinski definition) is 3. The summed E-state index contributed by atoms with van der Waals surface area (Å²) in [6, 6.07) is 12.2. The lowest BCUT2D eigenvalue weighted by atomic mass is 10.1. The Morgan fingerprint density at radius 2 is 1.91 bits per heavy atom. The summed E-state index contributed by atoms with van der Waals surface area (Å²) in [6.07, 6.45) is 1.33. The van der Waals surface area contributed by atoms with Gasteiger partial charge >= 0.3 is 5.97 Å². The molecule has 2 aromatic carbocycles. The number of carbonyl (C=O) groups is 1. The van der Waals surface area contributed by atoms with Crippen molar-refractivity contribution >= 4 is 45.5 Å². The molecule has 1 heterocycles. The summed E-state index contributed by atoms with van der Waals surface area (Å²) in [5, 5.41) is 13.7. The van der Waals surface area contributed by atoms with E-state index in [0.717, 1.165) is 5.69 Å². The van der Waals surface area contributed by atoms with Crippen LogP contribution in [0.3, 0.4) is 0 Å². The summed E-state index contributed by atoms with van der Waals surface area (Å²) in [5.74, 6) is -1.06. The van der Waals surface area contributed by atoms with Crippen LogP contribution in [-0.2, 0) is 0 Å². The summed E-state index contributed by atoms with van der Waals surface area (Å²) in [7, 11) is 0. The quantitative estimate of drug-likeness (QED) is 0.638. The smallest absolute Gasteiger partial charge is 0.339 e. The summed E-state index contributed by atoms with van der Waals surface area (Å²) in [5.41, 5.74) is 8.20. The summed E-state index contributed by atoms with van der Waals surface area (Å²) < 4.78 is 0. The lowest BCUT2D eigenvalue weighted by Crippen LogP contribution is -2.04. The molecule has 0 fully saturated rings. The lowest BCUT2D eigenvalue weighted by Gasteiger charge is -2.13. The zero-order valence-corrected chi connectivity index (χ0v) is 12.1. The van der Waals surface area contributed by atoms with Gasteiger partial charge in [-0.3, -0.25) is 4.98 Å². The standard InChI is InChI=1S/C16H12ClN3O2/c17-9-1-6-14-12(7-9)15(13(8-19-14)16(21)22)20-11-4-2-10(18)3-5-11/h1-8H,18H2,(H,19,20)(H,21,22). The second-order valence-corrected chi connectivity index (χ2v) is 5.20. The first-order chi connectivity index (χ1) is 10.5. The van der Waals surface area contributed by atoms with Gasteiger partial charge in [0.05, 0.1) is 11.2 Å². The molecule has 6 heteroatoms. The van der Waals surface area contributed by atoms with E-state index < -0.39 is 5.97 Å². The number of carboxylic acids is 1. The van der Waals surface area contributed by atoms with Gasteiger partial charge in [0.1, 0.15) is 5.56 Å². The fraction of sp³-hybridized carbons (Fsp3) is 0. The average molecular weight is 314 g/mol. The summed E-state index contributed by atoms with van der Waals surface area (Å²) in [6.45, 7) is 0. The Bertz CT molecular complexity index is 863. The number of rotatable bonds is 3. The second-order valence-electron chi connectivity index (χ2n) is 4.76. The Morgan fingerprint density at radius 1 is 1.18 bits per heavy atom. The van der Waals surface area contributed by atoms with Crippen LogP contribution in [0, 0.1) is 0 Å². The molecule has 22 heavy (non-hydrogen) atoms. The molecule has 0 spiro atoms. The number of benzene rings is 2. The first kappa shape index (κ1) is 14.2. The first-order valence-corrected chi connectivity index (χ1v) is 6.86. The molecular formula is C16H12ClN3O2. The van der Waals surface area contributed by atoms with Crippen molar-refractivity contribution < 1.29 is 9.90 Å². The van der Waals surface area contributed by atoms with Crippen molar-refractivity contribution in [1.82, 2.24) is 4.98 Å². The molecule has 0 radical (unpaired) electrons. The van der Waals surface area contributed by atoms with Crippen LogP contribution in [0.1, 0.15) is 10.4 Å². The highest BCUT2D eigenvalue weighted by atomic mass is 35.5. The van der Waals surface area contributed by atoms with Gasteiger partial charge < -0.3 is 16.2 Å². The van der Waals surface area contributed by atoms with Crippen LogP contribution < -0.4 is 11.1 Å². The molecule has 0 aliphatic heterocycles. The van der Waals surface area contributed by atoms with Crippen LogP contribution in [0.5, 0.6) is 0 Å². The van der Waals surface area contributed by atoms with E-state index in [1.165, 1.54) is 6.20 Å². The Balaban J connectivity index is 2.19. The van der Waals surface area contributed by atoms with E-state index in [4.69, 9.17) is 17.3 Å². The van der Waals surface area contributed by atoms with Gasteiger partial charge in [0.2, 0.25) is 0 Å². The van der Waals surface area contributed by atoms with Crippen LogP contribution >= 0.6 is 11.6 Å². The number of hydrogen-bond acceptors (Lipinski definition) is 4. The molecule has 0 unspecified atom stereocenters. The van der Waals surface area contributed by atoms with Crippen LogP contribution in [0.4, 0.5) is 17.1 Å². The zero-order valence-electron chi connectivity index (χ0n) is 11.4. The minimum absolute atomic E-state index is 0.0755. The van der Waals surface area contributed by atoms with Crippen molar-refractivity contribution in [2.45, 2.75) is 0 Å². The third-order valence-electron chi connectivity index (χ3n) is 3.24. The van der Waals surface area contributed by atoms with Crippen LogP contribution in [0.2, 0.25) is 5.02 Å². The molecule has 1 aromatic heterocycles. The number of nitrogen functional groups attached to an aromatic ring is 1. The average Bonchev–Trinajstić information content (AvgIpc) is 2.49. The van der Waals surface area contributed by atoms with E-state index in [9.17, 15) is 9.90 Å². The molecule has 0 saturated carbocycles. The van der Waals surface area contributed by atoms with E-state index in [-0.39, 0.29) is 5.56 Å². The molecule has 3 aromatic rings. The van der Waals surface area contributed by atoms with E-state index in [2.05, 4.69) is 10.3 Å². The maximum Gasteiger partial charge on any atom is 0.339 e. The van der Waals surface area contributed by atoms with Crippen molar-refractivity contribution in [1.29, 1.82) is 0 Å². The summed E-state index contributed by atoms with van der Waals surface area (Å²) in [4.78, 5) is 15.6. The number of pyridine rings is 1. The van der Waals surface area contributed by atoms with Gasteiger partial charge in [-0.05, 0) is 42.5 Å². The predicted molar refractivity (Wildman–Crippen MR) is 87.8 cm³/mol. The van der Waals surface area contributed by atoms with Crippen molar-refractivity contribution in [3.8, 4) is 0 Å². The van der Waals surface area contributed by atoms with E-state index in [1.807, 2.05) is 0 Å². The Labute approximate surface area is 131 Å². The fourth-order valence-corrected chi connectivity index (χ4v) is 2.34. The van der Waals surface area contributed by atoms with E-state index in [0.29, 0.717) is 27.3 Å². The monoisotopic (exact) mass is 313 g/mol. The molecule has 0 aliphatic rings. The van der Waals surface area contributed by atoms with Gasteiger partial charge in [-0.1, -0.05) is 11.6 Å². The zero-order chi connectivity index (χ0) is 15.7. The third kappa shape index (κ3) is 2.66. The van der Waals surface area contributed by atoms with Crippen molar-refractivity contribution in [2.75, 3.05) is 11.1 Å². The maximum atomic E-state index is 11.5. The number of halogens is 1. The molecular weight excluding hydrogens is 302 g/mol. The Morgan fingerprint density at radius 3 is 2.59 bits per heavy atom. The maximum absolute atomic E-state index is 11.5. The number of aromatic carboxylic acids is 1.